The molecule has 1 aromatic heterocycles. The molecule has 2 aromatic rings. The molecule has 27 heavy (non-hydrogen) atoms. The van der Waals surface area contributed by atoms with Crippen LogP contribution in [0.25, 0.3) is 11.0 Å². The molecule has 1 N–H and O–H groups in total. The molecule has 2 aliphatic heterocycles. The van der Waals surface area contributed by atoms with Crippen LogP contribution in [0.1, 0.15) is 18.7 Å². The van der Waals surface area contributed by atoms with Crippen LogP contribution in [0, 0.1) is 5.41 Å². The molecule has 3 heterocycles. The van der Waals surface area contributed by atoms with Gasteiger partial charge in [-0.25, -0.2) is 13.4 Å². The molecule has 1 aromatic carbocycles. The molecule has 0 saturated carbocycles. The van der Waals surface area contributed by atoms with Crippen molar-refractivity contribution in [1.29, 1.82) is 0 Å². The Labute approximate surface area is 157 Å². The number of aromatic nitrogens is 2. The molecule has 1 spiro atoms. The van der Waals surface area contributed by atoms with Gasteiger partial charge in [-0.15, -0.1) is 0 Å². The summed E-state index contributed by atoms with van der Waals surface area (Å²) in [6.07, 6.45) is 2.43. The van der Waals surface area contributed by atoms with E-state index in [9.17, 15) is 18.0 Å². The van der Waals surface area contributed by atoms with Crippen LogP contribution in [0.2, 0.25) is 0 Å². The van der Waals surface area contributed by atoms with Gasteiger partial charge in [-0.2, -0.15) is 0 Å². The van der Waals surface area contributed by atoms with E-state index in [1.165, 1.54) is 0 Å². The number of hydrogen-bond donors (Lipinski definition) is 1. The summed E-state index contributed by atoms with van der Waals surface area (Å²) < 4.78 is 25.3. The summed E-state index contributed by atoms with van der Waals surface area (Å²) in [5.41, 5.74) is 1.27. The van der Waals surface area contributed by atoms with Crippen molar-refractivity contribution < 1.29 is 18.0 Å². The fraction of sp³-hybridized carbons (Fsp3) is 0.500. The number of para-hydroxylation sites is 2. The topological polar surface area (TPSA) is 101 Å². The van der Waals surface area contributed by atoms with Crippen LogP contribution in [-0.4, -0.2) is 60.6 Å². The predicted octanol–water partition coefficient (Wildman–Crippen LogP) is 0.320. The molecule has 4 rings (SSSR count). The van der Waals surface area contributed by atoms with Crippen LogP contribution in [0.5, 0.6) is 0 Å². The second-order valence-corrected chi connectivity index (χ2v) is 9.83. The third-order valence-corrected chi connectivity index (χ3v) is 6.19. The molecule has 1 atom stereocenters. The molecule has 0 radical (unpaired) electrons. The number of carbonyl (C=O) groups is 2. The van der Waals surface area contributed by atoms with E-state index in [0.717, 1.165) is 18.2 Å². The van der Waals surface area contributed by atoms with Crippen molar-refractivity contribution in [2.24, 2.45) is 5.41 Å². The van der Waals surface area contributed by atoms with Gasteiger partial charge in [0, 0.05) is 37.7 Å². The van der Waals surface area contributed by atoms with Crippen LogP contribution < -0.4 is 5.32 Å². The van der Waals surface area contributed by atoms with E-state index < -0.39 is 9.84 Å². The largest absolute Gasteiger partial charge is 0.355 e. The van der Waals surface area contributed by atoms with E-state index in [1.807, 2.05) is 24.3 Å². The summed E-state index contributed by atoms with van der Waals surface area (Å²) in [6.45, 7) is 1.83. The van der Waals surface area contributed by atoms with E-state index in [0.29, 0.717) is 37.4 Å². The number of hydrogen-bond acceptors (Lipinski definition) is 5. The SMILES string of the molecule is CS(=O)(=O)Cc1nc2ccccc2n1CC(=O)N1CCC2(CNC(=O)C2)C1. The van der Waals surface area contributed by atoms with E-state index in [4.69, 9.17) is 0 Å². The first kappa shape index (κ1) is 18.0. The molecule has 0 aliphatic carbocycles. The fourth-order valence-corrected chi connectivity index (χ4v) is 4.76. The van der Waals surface area contributed by atoms with Gasteiger partial charge in [-0.3, -0.25) is 9.59 Å². The van der Waals surface area contributed by atoms with Crippen molar-refractivity contribution >= 4 is 32.7 Å². The third kappa shape index (κ3) is 3.55. The van der Waals surface area contributed by atoms with Crippen molar-refractivity contribution in [3.05, 3.63) is 30.1 Å². The Kier molecular flexibility index (Phi) is 4.21. The maximum absolute atomic E-state index is 12.9. The number of carbonyl (C=O) groups excluding carboxylic acids is 2. The lowest BCUT2D eigenvalue weighted by Crippen LogP contribution is -2.35. The molecule has 9 heteroatoms. The Morgan fingerprint density at radius 1 is 1.33 bits per heavy atom. The fourth-order valence-electron chi connectivity index (χ4n) is 4.07. The van der Waals surface area contributed by atoms with Gasteiger partial charge in [0.05, 0.1) is 11.0 Å². The number of rotatable bonds is 4. The van der Waals surface area contributed by atoms with Crippen LogP contribution in [0.4, 0.5) is 0 Å². The van der Waals surface area contributed by atoms with Gasteiger partial charge >= 0.3 is 0 Å². The maximum Gasteiger partial charge on any atom is 0.242 e. The van der Waals surface area contributed by atoms with Crippen molar-refractivity contribution in [2.45, 2.75) is 25.1 Å². The van der Waals surface area contributed by atoms with Crippen LogP contribution in [0.15, 0.2) is 24.3 Å². The molecular weight excluding hydrogens is 368 g/mol. The number of benzene rings is 1. The first-order valence-electron chi connectivity index (χ1n) is 8.91. The van der Waals surface area contributed by atoms with E-state index in [2.05, 4.69) is 10.3 Å². The highest BCUT2D eigenvalue weighted by atomic mass is 32.2. The van der Waals surface area contributed by atoms with Gasteiger partial charge in [0.15, 0.2) is 9.84 Å². The maximum atomic E-state index is 12.9. The predicted molar refractivity (Wildman–Crippen MR) is 99.5 cm³/mol. The summed E-state index contributed by atoms with van der Waals surface area (Å²) in [6, 6.07) is 7.32. The minimum atomic E-state index is -3.28. The molecule has 2 aliphatic rings. The van der Waals surface area contributed by atoms with Crippen LogP contribution in [-0.2, 0) is 31.7 Å². The van der Waals surface area contributed by atoms with Crippen molar-refractivity contribution in [2.75, 3.05) is 25.9 Å². The highest BCUT2D eigenvalue weighted by Gasteiger charge is 2.45. The van der Waals surface area contributed by atoms with Crippen LogP contribution in [0.3, 0.4) is 0 Å². The average Bonchev–Trinajstić information content (AvgIpc) is 3.26. The molecule has 0 bridgehead atoms. The van der Waals surface area contributed by atoms with Crippen molar-refractivity contribution in [3.63, 3.8) is 0 Å². The normalized spacial score (nSPS) is 22.7. The lowest BCUT2D eigenvalue weighted by molar-refractivity contribution is -0.131. The third-order valence-electron chi connectivity index (χ3n) is 5.41. The smallest absolute Gasteiger partial charge is 0.242 e. The average molecular weight is 390 g/mol. The zero-order valence-electron chi connectivity index (χ0n) is 15.1. The first-order valence-corrected chi connectivity index (χ1v) is 11.0. The number of imidazole rings is 1. The Balaban J connectivity index is 1.58. The standard InChI is InChI=1S/C18H22N4O4S/c1-27(25,26)10-15-20-13-4-2-3-5-14(13)22(15)9-17(24)21-7-6-18(12-21)8-16(23)19-11-18/h2-5H,6-12H2,1H3,(H,19,23). The first-order chi connectivity index (χ1) is 12.7. The van der Waals surface area contributed by atoms with Gasteiger partial charge < -0.3 is 14.8 Å². The lowest BCUT2D eigenvalue weighted by atomic mass is 9.86. The van der Waals surface area contributed by atoms with Gasteiger partial charge in [0.1, 0.15) is 18.1 Å². The number of sulfone groups is 1. The van der Waals surface area contributed by atoms with Crippen LogP contribution >= 0.6 is 0 Å². The minimum Gasteiger partial charge on any atom is -0.355 e. The zero-order valence-corrected chi connectivity index (χ0v) is 16.0. The van der Waals surface area contributed by atoms with Crippen molar-refractivity contribution in [3.8, 4) is 0 Å². The zero-order chi connectivity index (χ0) is 19.2. The monoisotopic (exact) mass is 390 g/mol. The molecule has 144 valence electrons. The Morgan fingerprint density at radius 2 is 2.11 bits per heavy atom. The summed E-state index contributed by atoms with van der Waals surface area (Å²) in [5.74, 6) is 0.125. The lowest BCUT2D eigenvalue weighted by Gasteiger charge is -2.22. The molecule has 8 nitrogen and oxygen atoms in total. The van der Waals surface area contributed by atoms with Gasteiger partial charge in [-0.05, 0) is 18.6 Å². The van der Waals surface area contributed by atoms with E-state index in [-0.39, 0.29) is 29.5 Å². The minimum absolute atomic E-state index is 0.0420. The quantitative estimate of drug-likeness (QED) is 0.810. The number of nitrogens with zero attached hydrogens (tertiary/aromatic N) is 3. The number of amides is 2. The number of nitrogens with one attached hydrogen (secondary N) is 1. The summed E-state index contributed by atoms with van der Waals surface area (Å²) >= 11 is 0. The van der Waals surface area contributed by atoms with Gasteiger partial charge in [0.25, 0.3) is 0 Å². The molecule has 2 amide bonds. The molecule has 2 fully saturated rings. The number of fused-ring (bicyclic) bond motifs is 1. The summed E-state index contributed by atoms with van der Waals surface area (Å²) in [7, 11) is -3.28. The van der Waals surface area contributed by atoms with E-state index in [1.54, 1.807) is 9.47 Å². The second-order valence-electron chi connectivity index (χ2n) is 7.69. The summed E-state index contributed by atoms with van der Waals surface area (Å²) in [4.78, 5) is 30.7. The van der Waals surface area contributed by atoms with Gasteiger partial charge in [-0.1, -0.05) is 12.1 Å². The Morgan fingerprint density at radius 3 is 2.81 bits per heavy atom. The van der Waals surface area contributed by atoms with E-state index >= 15 is 0 Å². The Hall–Kier alpha value is -2.42. The van der Waals surface area contributed by atoms with Gasteiger partial charge in [0.2, 0.25) is 11.8 Å². The Bertz CT molecular complexity index is 1030. The number of likely N-dealkylation sites (tertiary alicyclic amines) is 1. The molecule has 1 unspecified atom stereocenters. The molecular formula is C18H22N4O4S. The van der Waals surface area contributed by atoms with Crippen molar-refractivity contribution in [1.82, 2.24) is 19.8 Å². The summed E-state index contributed by atoms with van der Waals surface area (Å²) in [5, 5.41) is 2.86. The highest BCUT2D eigenvalue weighted by molar-refractivity contribution is 7.89. The second kappa shape index (κ2) is 6.33. The highest BCUT2D eigenvalue weighted by Crippen LogP contribution is 2.36. The molecule has 2 saturated heterocycles.